The average molecular weight is 318 g/mol. The molecular formula is C11H12BrNO3S. The Balaban J connectivity index is 1.90. The molecule has 1 saturated carbocycles. The predicted octanol–water partition coefficient (Wildman–Crippen LogP) is 2.49. The van der Waals surface area contributed by atoms with Gasteiger partial charge in [0.1, 0.15) is 0 Å². The van der Waals surface area contributed by atoms with Crippen molar-refractivity contribution < 1.29 is 14.7 Å². The molecule has 1 amide bonds. The second-order valence-corrected chi connectivity index (χ2v) is 6.59. The summed E-state index contributed by atoms with van der Waals surface area (Å²) in [7, 11) is 0. The Bertz CT molecular complexity index is 446. The standard InChI is InChI=1S/C11H12BrNO3S/c12-9-4-3-8(17-9)10(14)13-7-2-1-6(5-7)11(15)16/h3-4,6-7H,1-2,5H2,(H,13,14)(H,15,16)/t6-,7+/m0/s1. The maximum Gasteiger partial charge on any atom is 0.306 e. The molecule has 6 heteroatoms. The smallest absolute Gasteiger partial charge is 0.306 e. The number of amides is 1. The third-order valence-corrected chi connectivity index (χ3v) is 4.54. The highest BCUT2D eigenvalue weighted by Crippen LogP contribution is 2.27. The lowest BCUT2D eigenvalue weighted by molar-refractivity contribution is -0.141. The van der Waals surface area contributed by atoms with E-state index in [4.69, 9.17) is 5.11 Å². The summed E-state index contributed by atoms with van der Waals surface area (Å²) in [6.45, 7) is 0. The average Bonchev–Trinajstić information content (AvgIpc) is 2.86. The Morgan fingerprint density at radius 2 is 2.18 bits per heavy atom. The zero-order valence-electron chi connectivity index (χ0n) is 8.98. The first-order chi connectivity index (χ1) is 8.06. The molecule has 1 aromatic rings. The quantitative estimate of drug-likeness (QED) is 0.900. The summed E-state index contributed by atoms with van der Waals surface area (Å²) in [5, 5.41) is 11.7. The van der Waals surface area contributed by atoms with Crippen LogP contribution in [-0.2, 0) is 4.79 Å². The van der Waals surface area contributed by atoms with Gasteiger partial charge in [0.05, 0.1) is 14.6 Å². The highest BCUT2D eigenvalue weighted by Gasteiger charge is 2.30. The number of carboxylic acid groups (broad SMARTS) is 1. The van der Waals surface area contributed by atoms with Crippen molar-refractivity contribution in [2.45, 2.75) is 25.3 Å². The van der Waals surface area contributed by atoms with Crippen LogP contribution in [0, 0.1) is 5.92 Å². The highest BCUT2D eigenvalue weighted by molar-refractivity contribution is 9.11. The molecule has 0 unspecified atom stereocenters. The molecular weight excluding hydrogens is 306 g/mol. The maximum atomic E-state index is 11.8. The summed E-state index contributed by atoms with van der Waals surface area (Å²) < 4.78 is 0.914. The minimum atomic E-state index is -0.763. The summed E-state index contributed by atoms with van der Waals surface area (Å²) >= 11 is 4.68. The van der Waals surface area contributed by atoms with E-state index in [0.717, 1.165) is 10.2 Å². The molecule has 0 aliphatic heterocycles. The van der Waals surface area contributed by atoms with Crippen LogP contribution in [0.3, 0.4) is 0 Å². The fraction of sp³-hybridized carbons (Fsp3) is 0.455. The van der Waals surface area contributed by atoms with E-state index in [2.05, 4.69) is 21.2 Å². The molecule has 17 heavy (non-hydrogen) atoms. The van der Waals surface area contributed by atoms with Crippen LogP contribution in [0.5, 0.6) is 0 Å². The first kappa shape index (κ1) is 12.6. The monoisotopic (exact) mass is 317 g/mol. The Morgan fingerprint density at radius 1 is 1.41 bits per heavy atom. The van der Waals surface area contributed by atoms with Gasteiger partial charge in [0, 0.05) is 6.04 Å². The zero-order chi connectivity index (χ0) is 12.4. The number of rotatable bonds is 3. The van der Waals surface area contributed by atoms with Gasteiger partial charge in [-0.2, -0.15) is 0 Å². The van der Waals surface area contributed by atoms with Crippen LogP contribution in [0.4, 0.5) is 0 Å². The summed E-state index contributed by atoms with van der Waals surface area (Å²) in [6.07, 6.45) is 1.93. The third-order valence-electron chi connectivity index (χ3n) is 2.91. The number of aliphatic carboxylic acids is 1. The molecule has 2 rings (SSSR count). The van der Waals surface area contributed by atoms with Gasteiger partial charge in [-0.15, -0.1) is 11.3 Å². The van der Waals surface area contributed by atoms with Crippen LogP contribution in [-0.4, -0.2) is 23.0 Å². The number of halogens is 1. The normalized spacial score (nSPS) is 23.6. The fourth-order valence-corrected chi connectivity index (χ4v) is 3.32. The van der Waals surface area contributed by atoms with Crippen LogP contribution in [0.1, 0.15) is 28.9 Å². The molecule has 1 aromatic heterocycles. The zero-order valence-corrected chi connectivity index (χ0v) is 11.4. The van der Waals surface area contributed by atoms with E-state index in [1.54, 1.807) is 6.07 Å². The highest BCUT2D eigenvalue weighted by atomic mass is 79.9. The molecule has 0 bridgehead atoms. The number of carbonyl (C=O) groups excluding carboxylic acids is 1. The van der Waals surface area contributed by atoms with Gasteiger partial charge < -0.3 is 10.4 Å². The number of thiophene rings is 1. The van der Waals surface area contributed by atoms with E-state index < -0.39 is 5.97 Å². The van der Waals surface area contributed by atoms with Crippen molar-refractivity contribution in [3.8, 4) is 0 Å². The lowest BCUT2D eigenvalue weighted by Gasteiger charge is -2.11. The van der Waals surface area contributed by atoms with Crippen LogP contribution < -0.4 is 5.32 Å². The fourth-order valence-electron chi connectivity index (χ4n) is 2.03. The molecule has 2 atom stereocenters. The van der Waals surface area contributed by atoms with Crippen LogP contribution >= 0.6 is 27.3 Å². The summed E-state index contributed by atoms with van der Waals surface area (Å²) in [5.41, 5.74) is 0. The first-order valence-electron chi connectivity index (χ1n) is 5.35. The van der Waals surface area contributed by atoms with E-state index in [1.807, 2.05) is 6.07 Å². The summed E-state index contributed by atoms with van der Waals surface area (Å²) in [4.78, 5) is 23.3. The second kappa shape index (κ2) is 5.18. The van der Waals surface area contributed by atoms with Gasteiger partial charge in [0.25, 0.3) is 5.91 Å². The Kier molecular flexibility index (Phi) is 3.83. The van der Waals surface area contributed by atoms with Crippen LogP contribution in [0.2, 0.25) is 0 Å². The molecule has 4 nitrogen and oxygen atoms in total. The largest absolute Gasteiger partial charge is 0.481 e. The van der Waals surface area contributed by atoms with Gasteiger partial charge in [-0.05, 0) is 47.3 Å². The minimum Gasteiger partial charge on any atom is -0.481 e. The molecule has 1 aliphatic carbocycles. The molecule has 0 spiro atoms. The van der Waals surface area contributed by atoms with Crippen molar-refractivity contribution in [1.82, 2.24) is 5.32 Å². The van der Waals surface area contributed by atoms with Gasteiger partial charge >= 0.3 is 5.97 Å². The van der Waals surface area contributed by atoms with Crippen molar-refractivity contribution in [3.05, 3.63) is 20.8 Å². The van der Waals surface area contributed by atoms with Crippen molar-refractivity contribution in [1.29, 1.82) is 0 Å². The van der Waals surface area contributed by atoms with E-state index in [1.165, 1.54) is 11.3 Å². The molecule has 1 heterocycles. The second-order valence-electron chi connectivity index (χ2n) is 4.12. The van der Waals surface area contributed by atoms with E-state index >= 15 is 0 Å². The SMILES string of the molecule is O=C(N[C@@H]1CC[C@H](C(=O)O)C1)c1ccc(Br)s1. The van der Waals surface area contributed by atoms with Gasteiger partial charge in [-0.25, -0.2) is 0 Å². The topological polar surface area (TPSA) is 66.4 Å². The molecule has 2 N–H and O–H groups in total. The Labute approximate surface area is 111 Å². The Morgan fingerprint density at radius 3 is 2.71 bits per heavy atom. The van der Waals surface area contributed by atoms with Crippen molar-refractivity contribution >= 4 is 39.1 Å². The number of nitrogens with one attached hydrogen (secondary N) is 1. The third kappa shape index (κ3) is 3.07. The van der Waals surface area contributed by atoms with Gasteiger partial charge in [-0.3, -0.25) is 9.59 Å². The van der Waals surface area contributed by atoms with E-state index in [0.29, 0.717) is 17.7 Å². The number of hydrogen-bond donors (Lipinski definition) is 2. The number of carbonyl (C=O) groups is 2. The van der Waals surface area contributed by atoms with Gasteiger partial charge in [0.15, 0.2) is 0 Å². The van der Waals surface area contributed by atoms with E-state index in [-0.39, 0.29) is 17.9 Å². The lowest BCUT2D eigenvalue weighted by atomic mass is 10.1. The molecule has 0 radical (unpaired) electrons. The molecule has 1 fully saturated rings. The summed E-state index contributed by atoms with van der Waals surface area (Å²) in [5.74, 6) is -1.19. The molecule has 92 valence electrons. The summed E-state index contributed by atoms with van der Waals surface area (Å²) in [6, 6.07) is 3.58. The first-order valence-corrected chi connectivity index (χ1v) is 6.96. The minimum absolute atomic E-state index is 0.00974. The number of hydrogen-bond acceptors (Lipinski definition) is 3. The van der Waals surface area contributed by atoms with Crippen LogP contribution in [0.15, 0.2) is 15.9 Å². The molecule has 0 aromatic carbocycles. The molecule has 1 aliphatic rings. The molecule has 0 saturated heterocycles. The Hall–Kier alpha value is -0.880. The predicted molar refractivity (Wildman–Crippen MR) is 68.3 cm³/mol. The van der Waals surface area contributed by atoms with Gasteiger partial charge in [0.2, 0.25) is 0 Å². The van der Waals surface area contributed by atoms with Gasteiger partial charge in [-0.1, -0.05) is 0 Å². The van der Waals surface area contributed by atoms with Crippen molar-refractivity contribution in [3.63, 3.8) is 0 Å². The maximum absolute atomic E-state index is 11.8. The van der Waals surface area contributed by atoms with Crippen molar-refractivity contribution in [2.24, 2.45) is 5.92 Å². The van der Waals surface area contributed by atoms with Crippen LogP contribution in [0.25, 0.3) is 0 Å². The van der Waals surface area contributed by atoms with Crippen molar-refractivity contribution in [2.75, 3.05) is 0 Å². The lowest BCUT2D eigenvalue weighted by Crippen LogP contribution is -2.32. The number of carboxylic acids is 1. The van der Waals surface area contributed by atoms with E-state index in [9.17, 15) is 9.59 Å².